The molecule has 3 aromatic rings. The van der Waals surface area contributed by atoms with Gasteiger partial charge in [-0.15, -0.1) is 0 Å². The van der Waals surface area contributed by atoms with E-state index in [1.54, 1.807) is 61.5 Å². The molecule has 0 radical (unpaired) electrons. The molecule has 0 unspecified atom stereocenters. The van der Waals surface area contributed by atoms with Gasteiger partial charge in [-0.05, 0) is 61.0 Å². The van der Waals surface area contributed by atoms with Crippen LogP contribution < -0.4 is 9.62 Å². The van der Waals surface area contributed by atoms with Crippen molar-refractivity contribution in [1.29, 1.82) is 0 Å². The van der Waals surface area contributed by atoms with Crippen LogP contribution in [0.5, 0.6) is 0 Å². The molecule has 0 heterocycles. The van der Waals surface area contributed by atoms with Crippen molar-refractivity contribution in [2.75, 3.05) is 17.6 Å². The number of carbonyl (C=O) groups is 1. The molecule has 0 aliphatic heterocycles. The quantitative estimate of drug-likeness (QED) is 0.568. The third-order valence-corrected chi connectivity index (χ3v) is 7.98. The molecule has 9 heteroatoms. The lowest BCUT2D eigenvalue weighted by molar-refractivity contribution is 0.0940. The van der Waals surface area contributed by atoms with E-state index >= 15 is 0 Å². The third-order valence-electron chi connectivity index (χ3n) is 5.05. The molecule has 1 amide bonds. The van der Waals surface area contributed by atoms with E-state index in [1.807, 2.05) is 0 Å². The Bertz CT molecular complexity index is 1300. The van der Waals surface area contributed by atoms with Crippen molar-refractivity contribution in [1.82, 2.24) is 5.32 Å². The number of nitrogens with zero attached hydrogens (tertiary/aromatic N) is 1. The molecule has 7 nitrogen and oxygen atoms in total. The lowest BCUT2D eigenvalue weighted by atomic mass is 10.1. The van der Waals surface area contributed by atoms with Crippen LogP contribution in [0.3, 0.4) is 0 Å². The first-order chi connectivity index (χ1) is 15.0. The van der Waals surface area contributed by atoms with Gasteiger partial charge in [0.05, 0.1) is 21.5 Å². The number of sulfone groups is 1. The van der Waals surface area contributed by atoms with Crippen LogP contribution in [0.15, 0.2) is 88.7 Å². The summed E-state index contributed by atoms with van der Waals surface area (Å²) in [7, 11) is -5.53. The summed E-state index contributed by atoms with van der Waals surface area (Å²) in [4.78, 5) is 13.0. The van der Waals surface area contributed by atoms with Gasteiger partial charge < -0.3 is 5.32 Å². The van der Waals surface area contributed by atoms with Gasteiger partial charge in [0, 0.05) is 18.9 Å². The molecule has 3 aromatic carbocycles. The summed E-state index contributed by atoms with van der Waals surface area (Å²) in [5, 5.41) is 2.86. The Morgan fingerprint density at radius 3 is 1.91 bits per heavy atom. The molecule has 0 saturated heterocycles. The molecule has 1 N–H and O–H groups in total. The summed E-state index contributed by atoms with van der Waals surface area (Å²) in [6.07, 6.45) is 1.14. The second-order valence-corrected chi connectivity index (χ2v) is 11.4. The number of nitrogens with one attached hydrogen (secondary N) is 1. The fraction of sp³-hybridized carbons (Fsp3) is 0.174. The molecule has 0 spiro atoms. The Morgan fingerprint density at radius 1 is 0.812 bits per heavy atom. The van der Waals surface area contributed by atoms with Crippen molar-refractivity contribution in [2.45, 2.75) is 22.8 Å². The number of sulfonamides is 1. The van der Waals surface area contributed by atoms with Gasteiger partial charge in [-0.1, -0.05) is 30.3 Å². The second-order valence-electron chi connectivity index (χ2n) is 7.37. The monoisotopic (exact) mass is 472 g/mol. The number of rotatable bonds is 7. The largest absolute Gasteiger partial charge is 0.346 e. The smallest absolute Gasteiger partial charge is 0.264 e. The highest BCUT2D eigenvalue weighted by atomic mass is 32.2. The highest BCUT2D eigenvalue weighted by molar-refractivity contribution is 7.92. The van der Waals surface area contributed by atoms with E-state index in [2.05, 4.69) is 5.32 Å². The molecule has 1 atom stereocenters. The van der Waals surface area contributed by atoms with Gasteiger partial charge >= 0.3 is 0 Å². The van der Waals surface area contributed by atoms with Gasteiger partial charge in [-0.3, -0.25) is 9.10 Å². The maximum atomic E-state index is 12.7. The summed E-state index contributed by atoms with van der Waals surface area (Å²) >= 11 is 0. The SMILES string of the molecule is C[C@@H](NC(=O)c1ccc(N(C)S(=O)(=O)c2ccccc2)cc1)c1ccc(S(C)(=O)=O)cc1. The third kappa shape index (κ3) is 5.17. The number of hydrogen-bond donors (Lipinski definition) is 1. The zero-order valence-corrected chi connectivity index (χ0v) is 19.5. The summed E-state index contributed by atoms with van der Waals surface area (Å²) in [6, 6.07) is 20.3. The first-order valence-electron chi connectivity index (χ1n) is 9.75. The van der Waals surface area contributed by atoms with Crippen LogP contribution in [-0.4, -0.2) is 36.0 Å². The van der Waals surface area contributed by atoms with Gasteiger partial charge in [0.2, 0.25) is 0 Å². The minimum Gasteiger partial charge on any atom is -0.346 e. The highest BCUT2D eigenvalue weighted by Gasteiger charge is 2.21. The fourth-order valence-electron chi connectivity index (χ4n) is 3.08. The Labute approximate surface area is 188 Å². The molecule has 0 saturated carbocycles. The van der Waals surface area contributed by atoms with Crippen LogP contribution in [0.4, 0.5) is 5.69 Å². The summed E-state index contributed by atoms with van der Waals surface area (Å²) in [5.41, 5.74) is 1.56. The first kappa shape index (κ1) is 23.5. The minimum absolute atomic E-state index is 0.181. The van der Waals surface area contributed by atoms with Gasteiger partial charge in [0.25, 0.3) is 15.9 Å². The average molecular weight is 473 g/mol. The predicted octanol–water partition coefficient (Wildman–Crippen LogP) is 3.41. The van der Waals surface area contributed by atoms with Gasteiger partial charge in [0.15, 0.2) is 9.84 Å². The lowest BCUT2D eigenvalue weighted by Gasteiger charge is -2.20. The summed E-state index contributed by atoms with van der Waals surface area (Å²) < 4.78 is 49.8. The molecule has 0 aliphatic rings. The van der Waals surface area contributed by atoms with Crippen molar-refractivity contribution >= 4 is 31.5 Å². The summed E-state index contributed by atoms with van der Waals surface area (Å²) in [6.45, 7) is 1.79. The van der Waals surface area contributed by atoms with E-state index < -0.39 is 19.9 Å². The van der Waals surface area contributed by atoms with E-state index in [1.165, 1.54) is 31.3 Å². The van der Waals surface area contributed by atoms with E-state index in [9.17, 15) is 21.6 Å². The van der Waals surface area contributed by atoms with E-state index in [-0.39, 0.29) is 21.7 Å². The van der Waals surface area contributed by atoms with E-state index in [4.69, 9.17) is 0 Å². The Kier molecular flexibility index (Phi) is 6.71. The molecule has 168 valence electrons. The summed E-state index contributed by atoms with van der Waals surface area (Å²) in [5.74, 6) is -0.329. The number of anilines is 1. The van der Waals surface area contributed by atoms with Gasteiger partial charge in [-0.25, -0.2) is 16.8 Å². The maximum Gasteiger partial charge on any atom is 0.264 e. The zero-order chi connectivity index (χ0) is 23.5. The van der Waals surface area contributed by atoms with Gasteiger partial charge in [0.1, 0.15) is 0 Å². The predicted molar refractivity (Wildman–Crippen MR) is 124 cm³/mol. The standard InChI is InChI=1S/C23H24N2O5S2/c1-17(18-11-15-21(16-12-18)31(3,27)28)24-23(26)19-9-13-20(14-10-19)25(2)32(29,30)22-7-5-4-6-8-22/h4-17H,1-3H3,(H,24,26)/t17-/m1/s1. The second kappa shape index (κ2) is 9.13. The lowest BCUT2D eigenvalue weighted by Crippen LogP contribution is -2.28. The van der Waals surface area contributed by atoms with Crippen molar-refractivity contribution in [3.8, 4) is 0 Å². The number of benzene rings is 3. The molecule has 0 fully saturated rings. The molecular formula is C23H24N2O5S2. The molecule has 32 heavy (non-hydrogen) atoms. The zero-order valence-electron chi connectivity index (χ0n) is 17.9. The van der Waals surface area contributed by atoms with Crippen LogP contribution in [0.1, 0.15) is 28.9 Å². The highest BCUT2D eigenvalue weighted by Crippen LogP contribution is 2.23. The van der Waals surface area contributed by atoms with E-state index in [0.29, 0.717) is 11.3 Å². The van der Waals surface area contributed by atoms with Crippen LogP contribution >= 0.6 is 0 Å². The Morgan fingerprint density at radius 2 is 1.38 bits per heavy atom. The van der Waals surface area contributed by atoms with Crippen LogP contribution in [0.2, 0.25) is 0 Å². The van der Waals surface area contributed by atoms with Crippen LogP contribution in [-0.2, 0) is 19.9 Å². The Balaban J connectivity index is 1.71. The first-order valence-corrected chi connectivity index (χ1v) is 13.1. The molecule has 0 aliphatic carbocycles. The number of hydrogen-bond acceptors (Lipinski definition) is 5. The minimum atomic E-state index is -3.70. The topological polar surface area (TPSA) is 101 Å². The van der Waals surface area contributed by atoms with Crippen molar-refractivity contribution < 1.29 is 21.6 Å². The van der Waals surface area contributed by atoms with Crippen molar-refractivity contribution in [3.63, 3.8) is 0 Å². The molecular weight excluding hydrogens is 448 g/mol. The van der Waals surface area contributed by atoms with Crippen LogP contribution in [0, 0.1) is 0 Å². The fourth-order valence-corrected chi connectivity index (χ4v) is 4.93. The maximum absolute atomic E-state index is 12.7. The van der Waals surface area contributed by atoms with Crippen molar-refractivity contribution in [2.24, 2.45) is 0 Å². The molecule has 0 bridgehead atoms. The number of amides is 1. The van der Waals surface area contributed by atoms with Gasteiger partial charge in [-0.2, -0.15) is 0 Å². The van der Waals surface area contributed by atoms with E-state index in [0.717, 1.165) is 16.1 Å². The van der Waals surface area contributed by atoms with Crippen LogP contribution in [0.25, 0.3) is 0 Å². The number of carbonyl (C=O) groups excluding carboxylic acids is 1. The normalized spacial score (nSPS) is 12.7. The molecule has 0 aromatic heterocycles. The molecule has 3 rings (SSSR count). The van der Waals surface area contributed by atoms with Crippen molar-refractivity contribution in [3.05, 3.63) is 90.0 Å². The Hall–Kier alpha value is -3.17. The average Bonchev–Trinajstić information content (AvgIpc) is 2.78.